The normalized spacial score (nSPS) is 14.9. The van der Waals surface area contributed by atoms with Crippen molar-refractivity contribution in [2.45, 2.75) is 30.3 Å². The van der Waals surface area contributed by atoms with Gasteiger partial charge in [-0.3, -0.25) is 4.72 Å². The Balaban J connectivity index is 2.03. The molecule has 3 rings (SSSR count). The summed E-state index contributed by atoms with van der Waals surface area (Å²) in [4.78, 5) is 12.5. The zero-order valence-electron chi connectivity index (χ0n) is 16.6. The predicted molar refractivity (Wildman–Crippen MR) is 108 cm³/mol. The molecule has 1 saturated heterocycles. The molecule has 168 valence electrons. The van der Waals surface area contributed by atoms with Crippen LogP contribution in [-0.2, 0) is 16.2 Å². The van der Waals surface area contributed by atoms with E-state index in [0.29, 0.717) is 18.8 Å². The topological polar surface area (TPSA) is 95.9 Å². The maximum atomic E-state index is 13.7. The van der Waals surface area contributed by atoms with Crippen molar-refractivity contribution in [3.05, 3.63) is 47.5 Å². The summed E-state index contributed by atoms with van der Waals surface area (Å²) in [5.41, 5.74) is -1.78. The van der Waals surface area contributed by atoms with E-state index in [4.69, 9.17) is 9.84 Å². The standard InChI is InChI=1S/C20H21F3N2O5S/c1-30-17-8-5-13(19(26)27)11-18(17)31(28,29)24-16-7-6-14(12-15(16)20(21,22)23)25-9-3-2-4-10-25/h5-8,11-12,24H,2-4,9-10H2,1H3,(H,26,27). The number of rotatable bonds is 6. The first-order chi connectivity index (χ1) is 14.5. The van der Waals surface area contributed by atoms with Crippen LogP contribution in [0.3, 0.4) is 0 Å². The van der Waals surface area contributed by atoms with Crippen molar-refractivity contribution >= 4 is 27.4 Å². The molecule has 0 bridgehead atoms. The van der Waals surface area contributed by atoms with Crippen molar-refractivity contribution in [3.8, 4) is 5.75 Å². The van der Waals surface area contributed by atoms with E-state index < -0.39 is 38.3 Å². The van der Waals surface area contributed by atoms with Gasteiger partial charge in [-0.2, -0.15) is 13.2 Å². The van der Waals surface area contributed by atoms with E-state index in [-0.39, 0.29) is 11.3 Å². The number of benzene rings is 2. The fourth-order valence-corrected chi connectivity index (χ4v) is 4.70. The van der Waals surface area contributed by atoms with E-state index >= 15 is 0 Å². The van der Waals surface area contributed by atoms with Crippen LogP contribution in [0.2, 0.25) is 0 Å². The largest absolute Gasteiger partial charge is 0.495 e. The Morgan fingerprint density at radius 1 is 1.10 bits per heavy atom. The van der Waals surface area contributed by atoms with Gasteiger partial charge in [0.25, 0.3) is 10.0 Å². The highest BCUT2D eigenvalue weighted by Gasteiger charge is 2.36. The van der Waals surface area contributed by atoms with Gasteiger partial charge in [-0.1, -0.05) is 0 Å². The molecule has 1 heterocycles. The Kier molecular flexibility index (Phi) is 6.35. The Bertz CT molecular complexity index is 1080. The molecule has 1 aliphatic rings. The summed E-state index contributed by atoms with van der Waals surface area (Å²) in [6, 6.07) is 6.52. The third-order valence-electron chi connectivity index (χ3n) is 4.97. The number of carbonyl (C=O) groups is 1. The van der Waals surface area contributed by atoms with Gasteiger partial charge in [0, 0.05) is 18.8 Å². The zero-order valence-corrected chi connectivity index (χ0v) is 17.4. The minimum absolute atomic E-state index is 0.198. The van der Waals surface area contributed by atoms with E-state index in [1.165, 1.54) is 13.2 Å². The van der Waals surface area contributed by atoms with Crippen LogP contribution in [0.25, 0.3) is 0 Å². The summed E-state index contributed by atoms with van der Waals surface area (Å²) in [5.74, 6) is -1.59. The first-order valence-corrected chi connectivity index (χ1v) is 10.9. The van der Waals surface area contributed by atoms with E-state index in [2.05, 4.69) is 0 Å². The highest BCUT2D eigenvalue weighted by Crippen LogP contribution is 2.39. The van der Waals surface area contributed by atoms with Crippen molar-refractivity contribution in [1.29, 1.82) is 0 Å². The van der Waals surface area contributed by atoms with Crippen LogP contribution in [0.5, 0.6) is 5.75 Å². The second-order valence-electron chi connectivity index (χ2n) is 7.05. The van der Waals surface area contributed by atoms with Crippen LogP contribution >= 0.6 is 0 Å². The van der Waals surface area contributed by atoms with Crippen molar-refractivity contribution in [1.82, 2.24) is 0 Å². The van der Waals surface area contributed by atoms with Gasteiger partial charge in [-0.05, 0) is 55.7 Å². The third kappa shape index (κ3) is 5.04. The lowest BCUT2D eigenvalue weighted by Gasteiger charge is -2.29. The van der Waals surface area contributed by atoms with Gasteiger partial charge >= 0.3 is 12.1 Å². The fraction of sp³-hybridized carbons (Fsp3) is 0.350. The SMILES string of the molecule is COc1ccc(C(=O)O)cc1S(=O)(=O)Nc1ccc(N2CCCCC2)cc1C(F)(F)F. The average Bonchev–Trinajstić information content (AvgIpc) is 2.73. The number of sulfonamides is 1. The molecule has 1 aliphatic heterocycles. The molecule has 0 aromatic heterocycles. The molecular formula is C20H21F3N2O5S. The van der Waals surface area contributed by atoms with Gasteiger partial charge in [-0.15, -0.1) is 0 Å². The Labute approximate surface area is 177 Å². The second kappa shape index (κ2) is 8.66. The van der Waals surface area contributed by atoms with Crippen molar-refractivity contribution in [2.24, 2.45) is 0 Å². The molecule has 2 aromatic carbocycles. The molecule has 0 radical (unpaired) electrons. The fourth-order valence-electron chi connectivity index (χ4n) is 3.42. The monoisotopic (exact) mass is 458 g/mol. The van der Waals surface area contributed by atoms with Gasteiger partial charge < -0.3 is 14.7 Å². The minimum Gasteiger partial charge on any atom is -0.495 e. The number of hydrogen-bond acceptors (Lipinski definition) is 5. The number of nitrogens with zero attached hydrogens (tertiary/aromatic N) is 1. The number of alkyl halides is 3. The Morgan fingerprint density at radius 3 is 2.35 bits per heavy atom. The van der Waals surface area contributed by atoms with Gasteiger partial charge in [0.2, 0.25) is 0 Å². The van der Waals surface area contributed by atoms with Crippen molar-refractivity contribution in [2.75, 3.05) is 29.8 Å². The molecular weight excluding hydrogens is 437 g/mol. The highest BCUT2D eigenvalue weighted by atomic mass is 32.2. The molecule has 2 N–H and O–H groups in total. The van der Waals surface area contributed by atoms with E-state index in [9.17, 15) is 26.4 Å². The average molecular weight is 458 g/mol. The Morgan fingerprint density at radius 2 is 1.77 bits per heavy atom. The molecule has 2 aromatic rings. The van der Waals surface area contributed by atoms with E-state index in [1.807, 2.05) is 9.62 Å². The summed E-state index contributed by atoms with van der Waals surface area (Å²) in [6.07, 6.45) is -2.06. The van der Waals surface area contributed by atoms with Crippen LogP contribution in [0.15, 0.2) is 41.3 Å². The number of ether oxygens (including phenoxy) is 1. The highest BCUT2D eigenvalue weighted by molar-refractivity contribution is 7.92. The minimum atomic E-state index is -4.81. The molecule has 0 amide bonds. The number of halogens is 3. The number of aromatic carboxylic acids is 1. The van der Waals surface area contributed by atoms with Crippen LogP contribution in [0.4, 0.5) is 24.5 Å². The number of carboxylic acid groups (broad SMARTS) is 1. The molecule has 11 heteroatoms. The first kappa shape index (κ1) is 22.7. The first-order valence-electron chi connectivity index (χ1n) is 9.43. The number of carboxylic acids is 1. The maximum absolute atomic E-state index is 13.7. The van der Waals surface area contributed by atoms with E-state index in [1.54, 1.807) is 0 Å². The number of piperidine rings is 1. The summed E-state index contributed by atoms with van der Waals surface area (Å²) >= 11 is 0. The Hall–Kier alpha value is -2.95. The number of anilines is 2. The molecule has 0 atom stereocenters. The quantitative estimate of drug-likeness (QED) is 0.674. The molecule has 0 saturated carbocycles. The molecule has 0 unspecified atom stereocenters. The molecule has 1 fully saturated rings. The number of nitrogens with one attached hydrogen (secondary N) is 1. The van der Waals surface area contributed by atoms with Crippen LogP contribution < -0.4 is 14.4 Å². The number of methoxy groups -OCH3 is 1. The summed E-state index contributed by atoms with van der Waals surface area (Å²) in [7, 11) is -3.41. The molecule has 0 aliphatic carbocycles. The predicted octanol–water partition coefficient (Wildman–Crippen LogP) is 4.20. The smallest absolute Gasteiger partial charge is 0.418 e. The van der Waals surface area contributed by atoms with Gasteiger partial charge in [0.15, 0.2) is 0 Å². The van der Waals surface area contributed by atoms with Gasteiger partial charge in [0.05, 0.1) is 23.9 Å². The third-order valence-corrected chi connectivity index (χ3v) is 6.36. The van der Waals surface area contributed by atoms with Crippen LogP contribution in [0.1, 0.15) is 35.2 Å². The van der Waals surface area contributed by atoms with Crippen LogP contribution in [0, 0.1) is 0 Å². The van der Waals surface area contributed by atoms with E-state index in [0.717, 1.165) is 49.6 Å². The van der Waals surface area contributed by atoms with Gasteiger partial charge in [-0.25, -0.2) is 13.2 Å². The molecule has 31 heavy (non-hydrogen) atoms. The lowest BCUT2D eigenvalue weighted by atomic mass is 10.1. The summed E-state index contributed by atoms with van der Waals surface area (Å²) in [6.45, 7) is 1.25. The second-order valence-corrected chi connectivity index (χ2v) is 8.70. The summed E-state index contributed by atoms with van der Waals surface area (Å²) < 4.78 is 73.8. The summed E-state index contributed by atoms with van der Waals surface area (Å²) in [5, 5.41) is 9.12. The zero-order chi connectivity index (χ0) is 22.8. The lowest BCUT2D eigenvalue weighted by molar-refractivity contribution is -0.136. The molecule has 0 spiro atoms. The van der Waals surface area contributed by atoms with Crippen molar-refractivity contribution < 1.29 is 36.2 Å². The molecule has 7 nitrogen and oxygen atoms in total. The van der Waals surface area contributed by atoms with Gasteiger partial charge in [0.1, 0.15) is 10.6 Å². The van der Waals surface area contributed by atoms with Crippen molar-refractivity contribution in [3.63, 3.8) is 0 Å². The number of hydrogen-bond donors (Lipinski definition) is 2. The van der Waals surface area contributed by atoms with Crippen LogP contribution in [-0.4, -0.2) is 39.7 Å². The maximum Gasteiger partial charge on any atom is 0.418 e. The lowest BCUT2D eigenvalue weighted by Crippen LogP contribution is -2.29.